The number of carbonyl (C=O) groups is 1. The van der Waals surface area contributed by atoms with Crippen molar-refractivity contribution in [1.29, 1.82) is 0 Å². The predicted molar refractivity (Wildman–Crippen MR) is 128 cm³/mol. The standard InChI is InChI=1S/C24H18FN3O3S2/c25-16-9-7-15(8-10-16)12-26-20(29)14-33-24-27-21-18-5-1-2-6-19(18)31-22(21)23(30)28(24)13-17-4-3-11-32-17/h1-11H,12-14H2,(H,26,29). The van der Waals surface area contributed by atoms with Crippen LogP contribution in [0.5, 0.6) is 0 Å². The zero-order chi connectivity index (χ0) is 22.8. The van der Waals surface area contributed by atoms with E-state index in [-0.39, 0.29) is 28.6 Å². The van der Waals surface area contributed by atoms with Crippen LogP contribution >= 0.6 is 23.1 Å². The number of hydrogen-bond donors (Lipinski definition) is 1. The van der Waals surface area contributed by atoms with Gasteiger partial charge < -0.3 is 9.73 Å². The lowest BCUT2D eigenvalue weighted by Crippen LogP contribution is -2.26. The summed E-state index contributed by atoms with van der Waals surface area (Å²) in [7, 11) is 0. The Labute approximate surface area is 196 Å². The summed E-state index contributed by atoms with van der Waals surface area (Å²) in [6, 6.07) is 17.2. The van der Waals surface area contributed by atoms with Crippen LogP contribution in [0, 0.1) is 5.82 Å². The number of fused-ring (bicyclic) bond motifs is 3. The molecule has 1 amide bonds. The van der Waals surface area contributed by atoms with Crippen LogP contribution in [-0.4, -0.2) is 21.2 Å². The van der Waals surface area contributed by atoms with Gasteiger partial charge in [-0.1, -0.05) is 42.1 Å². The molecular weight excluding hydrogens is 461 g/mol. The Hall–Kier alpha value is -3.43. The molecule has 6 nitrogen and oxygen atoms in total. The summed E-state index contributed by atoms with van der Waals surface area (Å²) in [5, 5.41) is 5.97. The first-order chi connectivity index (χ1) is 16.1. The van der Waals surface area contributed by atoms with Gasteiger partial charge in [0, 0.05) is 16.8 Å². The number of halogens is 1. The highest BCUT2D eigenvalue weighted by molar-refractivity contribution is 7.99. The van der Waals surface area contributed by atoms with E-state index in [1.54, 1.807) is 34.1 Å². The van der Waals surface area contributed by atoms with Crippen molar-refractivity contribution in [2.24, 2.45) is 0 Å². The Morgan fingerprint density at radius 1 is 1.12 bits per heavy atom. The predicted octanol–water partition coefficient (Wildman–Crippen LogP) is 4.80. The molecule has 0 aliphatic rings. The maximum atomic E-state index is 13.3. The molecule has 166 valence electrons. The monoisotopic (exact) mass is 479 g/mol. The Morgan fingerprint density at radius 3 is 2.73 bits per heavy atom. The van der Waals surface area contributed by atoms with Gasteiger partial charge in [0.1, 0.15) is 16.9 Å². The maximum Gasteiger partial charge on any atom is 0.298 e. The van der Waals surface area contributed by atoms with Crippen LogP contribution in [0.1, 0.15) is 10.4 Å². The fourth-order valence-electron chi connectivity index (χ4n) is 3.45. The molecule has 0 radical (unpaired) electrons. The SMILES string of the molecule is O=C(CSc1nc2c(oc3ccccc32)c(=O)n1Cc1cccs1)NCc1ccc(F)cc1. The number of nitrogens with zero attached hydrogens (tertiary/aromatic N) is 2. The highest BCUT2D eigenvalue weighted by Crippen LogP contribution is 2.27. The normalized spacial score (nSPS) is 11.3. The van der Waals surface area contributed by atoms with E-state index < -0.39 is 0 Å². The van der Waals surface area contributed by atoms with E-state index in [1.807, 2.05) is 35.7 Å². The van der Waals surface area contributed by atoms with Gasteiger partial charge in [0.15, 0.2) is 5.16 Å². The van der Waals surface area contributed by atoms with Crippen LogP contribution in [0.4, 0.5) is 4.39 Å². The summed E-state index contributed by atoms with van der Waals surface area (Å²) in [5.74, 6) is -0.449. The van der Waals surface area contributed by atoms with Gasteiger partial charge in [0.25, 0.3) is 5.56 Å². The van der Waals surface area contributed by atoms with Crippen molar-refractivity contribution >= 4 is 51.1 Å². The van der Waals surface area contributed by atoms with Gasteiger partial charge in [-0.3, -0.25) is 14.2 Å². The molecule has 0 saturated heterocycles. The van der Waals surface area contributed by atoms with Gasteiger partial charge >= 0.3 is 0 Å². The molecule has 0 spiro atoms. The fourth-order valence-corrected chi connectivity index (χ4v) is 4.96. The van der Waals surface area contributed by atoms with Crippen LogP contribution in [-0.2, 0) is 17.9 Å². The summed E-state index contributed by atoms with van der Waals surface area (Å²) in [6.07, 6.45) is 0. The average Bonchev–Trinajstić information content (AvgIpc) is 3.47. The van der Waals surface area contributed by atoms with Gasteiger partial charge in [-0.2, -0.15) is 0 Å². The third-order valence-corrected chi connectivity index (χ3v) is 6.91. The number of carbonyl (C=O) groups excluding carboxylic acids is 1. The molecule has 0 aliphatic carbocycles. The van der Waals surface area contributed by atoms with E-state index in [4.69, 9.17) is 9.40 Å². The van der Waals surface area contributed by atoms with Gasteiger partial charge in [-0.05, 0) is 41.3 Å². The number of benzene rings is 2. The number of aromatic nitrogens is 2. The first-order valence-electron chi connectivity index (χ1n) is 10.2. The van der Waals surface area contributed by atoms with Gasteiger partial charge in [-0.25, -0.2) is 9.37 Å². The Morgan fingerprint density at radius 2 is 1.94 bits per heavy atom. The van der Waals surface area contributed by atoms with E-state index in [9.17, 15) is 14.0 Å². The first-order valence-corrected chi connectivity index (χ1v) is 12.0. The van der Waals surface area contributed by atoms with Gasteiger partial charge in [0.05, 0.1) is 12.3 Å². The molecule has 0 atom stereocenters. The topological polar surface area (TPSA) is 77.1 Å². The minimum atomic E-state index is -0.322. The second-order valence-corrected chi connectivity index (χ2v) is 9.31. The summed E-state index contributed by atoms with van der Waals surface area (Å²) >= 11 is 2.74. The lowest BCUT2D eigenvalue weighted by Gasteiger charge is -2.11. The summed E-state index contributed by atoms with van der Waals surface area (Å²) in [4.78, 5) is 31.5. The number of rotatable bonds is 7. The molecule has 5 aromatic rings. The van der Waals surface area contributed by atoms with Crippen molar-refractivity contribution in [3.63, 3.8) is 0 Å². The molecule has 2 aromatic carbocycles. The largest absolute Gasteiger partial charge is 0.448 e. The van der Waals surface area contributed by atoms with E-state index in [2.05, 4.69) is 5.32 Å². The highest BCUT2D eigenvalue weighted by Gasteiger charge is 2.19. The summed E-state index contributed by atoms with van der Waals surface area (Å²) in [6.45, 7) is 0.635. The van der Waals surface area contributed by atoms with E-state index in [1.165, 1.54) is 23.9 Å². The highest BCUT2D eigenvalue weighted by atomic mass is 32.2. The van der Waals surface area contributed by atoms with Crippen LogP contribution in [0.25, 0.3) is 22.1 Å². The van der Waals surface area contributed by atoms with Crippen LogP contribution < -0.4 is 10.9 Å². The lowest BCUT2D eigenvalue weighted by atomic mass is 10.2. The molecule has 1 N–H and O–H groups in total. The van der Waals surface area contributed by atoms with Crippen LogP contribution in [0.15, 0.2) is 80.4 Å². The van der Waals surface area contributed by atoms with Crippen molar-refractivity contribution in [2.45, 2.75) is 18.2 Å². The summed E-state index contributed by atoms with van der Waals surface area (Å²) in [5.41, 5.74) is 1.82. The van der Waals surface area contributed by atoms with Crippen molar-refractivity contribution in [2.75, 3.05) is 5.75 Å². The number of furan rings is 1. The van der Waals surface area contributed by atoms with E-state index >= 15 is 0 Å². The van der Waals surface area contributed by atoms with Crippen molar-refractivity contribution < 1.29 is 13.6 Å². The minimum absolute atomic E-state index is 0.0827. The number of para-hydroxylation sites is 1. The smallest absolute Gasteiger partial charge is 0.298 e. The van der Waals surface area contributed by atoms with Crippen molar-refractivity contribution in [1.82, 2.24) is 14.9 Å². The van der Waals surface area contributed by atoms with Crippen molar-refractivity contribution in [3.8, 4) is 0 Å². The first kappa shape index (κ1) is 21.4. The Kier molecular flexibility index (Phi) is 5.97. The van der Waals surface area contributed by atoms with Crippen LogP contribution in [0.3, 0.4) is 0 Å². The van der Waals surface area contributed by atoms with E-state index in [0.717, 1.165) is 15.8 Å². The molecule has 3 heterocycles. The Bertz CT molecular complexity index is 1490. The molecule has 0 unspecified atom stereocenters. The maximum absolute atomic E-state index is 13.3. The Balaban J connectivity index is 1.42. The zero-order valence-electron chi connectivity index (χ0n) is 17.3. The second kappa shape index (κ2) is 9.21. The molecule has 33 heavy (non-hydrogen) atoms. The van der Waals surface area contributed by atoms with Crippen LogP contribution in [0.2, 0.25) is 0 Å². The third kappa shape index (κ3) is 4.55. The third-order valence-electron chi connectivity index (χ3n) is 5.08. The molecule has 0 aliphatic heterocycles. The minimum Gasteiger partial charge on any atom is -0.448 e. The molecule has 0 fully saturated rings. The fraction of sp³-hybridized carbons (Fsp3) is 0.125. The molecule has 0 bridgehead atoms. The number of thioether (sulfide) groups is 1. The molecular formula is C24H18FN3O3S2. The summed E-state index contributed by atoms with van der Waals surface area (Å²) < 4.78 is 20.4. The molecule has 9 heteroatoms. The number of amides is 1. The van der Waals surface area contributed by atoms with Crippen molar-refractivity contribution in [3.05, 3.63) is 92.7 Å². The number of thiophene rings is 1. The van der Waals surface area contributed by atoms with E-state index in [0.29, 0.717) is 29.3 Å². The van der Waals surface area contributed by atoms with Gasteiger partial charge in [0.2, 0.25) is 11.5 Å². The number of nitrogens with one attached hydrogen (secondary N) is 1. The average molecular weight is 480 g/mol. The zero-order valence-corrected chi connectivity index (χ0v) is 18.9. The van der Waals surface area contributed by atoms with Gasteiger partial charge in [-0.15, -0.1) is 11.3 Å². The molecule has 3 aromatic heterocycles. The number of hydrogen-bond acceptors (Lipinski definition) is 6. The molecule has 0 saturated carbocycles. The quantitative estimate of drug-likeness (QED) is 0.268. The molecule has 5 rings (SSSR count). The second-order valence-electron chi connectivity index (χ2n) is 7.33. The lowest BCUT2D eigenvalue weighted by molar-refractivity contribution is -0.118.